The first-order valence-electron chi connectivity index (χ1n) is 6.49. The van der Waals surface area contributed by atoms with Crippen LogP contribution in [0.2, 0.25) is 0 Å². The van der Waals surface area contributed by atoms with Crippen molar-refractivity contribution >= 4 is 21.6 Å². The second-order valence-corrected chi connectivity index (χ2v) is 5.69. The zero-order valence-electron chi connectivity index (χ0n) is 11.2. The SMILES string of the molecule is CCC1CN(c2ccc(OC)c(Br)c2)C(C)CN1. The van der Waals surface area contributed by atoms with Crippen molar-refractivity contribution < 1.29 is 4.74 Å². The molecule has 1 aliphatic rings. The third-order valence-electron chi connectivity index (χ3n) is 3.61. The standard InChI is InChI=1S/C14H21BrN2O/c1-4-11-9-17(10(2)8-16-11)12-5-6-14(18-3)13(15)7-12/h5-7,10-11,16H,4,8-9H2,1-3H3. The summed E-state index contributed by atoms with van der Waals surface area (Å²) < 4.78 is 6.29. The number of ether oxygens (including phenoxy) is 1. The van der Waals surface area contributed by atoms with Crippen LogP contribution in [0.3, 0.4) is 0 Å². The number of hydrogen-bond acceptors (Lipinski definition) is 3. The minimum absolute atomic E-state index is 0.521. The van der Waals surface area contributed by atoms with E-state index in [2.05, 4.69) is 52.1 Å². The Morgan fingerprint density at radius 3 is 2.89 bits per heavy atom. The Hall–Kier alpha value is -0.740. The molecule has 1 saturated heterocycles. The number of nitrogens with zero attached hydrogens (tertiary/aromatic N) is 1. The van der Waals surface area contributed by atoms with Crippen LogP contribution in [0.4, 0.5) is 5.69 Å². The fourth-order valence-corrected chi connectivity index (χ4v) is 2.93. The fraction of sp³-hybridized carbons (Fsp3) is 0.571. The Bertz CT molecular complexity index is 411. The van der Waals surface area contributed by atoms with E-state index in [1.165, 1.54) is 12.1 Å². The number of hydrogen-bond donors (Lipinski definition) is 1. The predicted octanol–water partition coefficient (Wildman–Crippen LogP) is 3.03. The largest absolute Gasteiger partial charge is 0.496 e. The van der Waals surface area contributed by atoms with E-state index in [4.69, 9.17) is 4.74 Å². The topological polar surface area (TPSA) is 24.5 Å². The molecule has 0 aromatic heterocycles. The first kappa shape index (κ1) is 13.7. The number of halogens is 1. The lowest BCUT2D eigenvalue weighted by atomic mass is 10.1. The maximum absolute atomic E-state index is 5.28. The van der Waals surface area contributed by atoms with Gasteiger partial charge in [0.1, 0.15) is 5.75 Å². The van der Waals surface area contributed by atoms with Crippen LogP contribution >= 0.6 is 15.9 Å². The molecule has 1 aromatic carbocycles. The van der Waals surface area contributed by atoms with Gasteiger partial charge in [-0.3, -0.25) is 0 Å². The first-order valence-corrected chi connectivity index (χ1v) is 7.28. The molecule has 1 fully saturated rings. The zero-order valence-corrected chi connectivity index (χ0v) is 12.8. The van der Waals surface area contributed by atoms with Crippen LogP contribution in [0, 0.1) is 0 Å². The van der Waals surface area contributed by atoms with E-state index in [0.29, 0.717) is 12.1 Å². The van der Waals surface area contributed by atoms with Gasteiger partial charge in [0.2, 0.25) is 0 Å². The van der Waals surface area contributed by atoms with Gasteiger partial charge in [0.05, 0.1) is 11.6 Å². The molecule has 100 valence electrons. The van der Waals surface area contributed by atoms with Crippen molar-refractivity contribution in [2.75, 3.05) is 25.1 Å². The van der Waals surface area contributed by atoms with Crippen LogP contribution in [0.15, 0.2) is 22.7 Å². The lowest BCUT2D eigenvalue weighted by Gasteiger charge is -2.40. The van der Waals surface area contributed by atoms with Gasteiger partial charge >= 0.3 is 0 Å². The molecule has 3 nitrogen and oxygen atoms in total. The van der Waals surface area contributed by atoms with Crippen molar-refractivity contribution in [1.29, 1.82) is 0 Å². The van der Waals surface area contributed by atoms with Gasteiger partial charge in [0, 0.05) is 30.9 Å². The Labute approximate surface area is 118 Å². The maximum atomic E-state index is 5.28. The second kappa shape index (κ2) is 5.93. The van der Waals surface area contributed by atoms with E-state index in [9.17, 15) is 0 Å². The summed E-state index contributed by atoms with van der Waals surface area (Å²) in [4.78, 5) is 2.47. The molecule has 1 N–H and O–H groups in total. The average molecular weight is 313 g/mol. The van der Waals surface area contributed by atoms with Gasteiger partial charge in [-0.15, -0.1) is 0 Å². The Morgan fingerprint density at radius 2 is 2.28 bits per heavy atom. The van der Waals surface area contributed by atoms with Crippen LogP contribution in [-0.2, 0) is 0 Å². The summed E-state index contributed by atoms with van der Waals surface area (Å²) in [7, 11) is 1.69. The van der Waals surface area contributed by atoms with E-state index < -0.39 is 0 Å². The Balaban J connectivity index is 2.21. The van der Waals surface area contributed by atoms with Crippen molar-refractivity contribution in [3.63, 3.8) is 0 Å². The quantitative estimate of drug-likeness (QED) is 0.928. The molecule has 4 heteroatoms. The minimum Gasteiger partial charge on any atom is -0.496 e. The van der Waals surface area contributed by atoms with Gasteiger partial charge in [-0.2, -0.15) is 0 Å². The highest BCUT2D eigenvalue weighted by molar-refractivity contribution is 9.10. The summed E-state index contributed by atoms with van der Waals surface area (Å²) in [5.41, 5.74) is 1.26. The molecule has 0 saturated carbocycles. The highest BCUT2D eigenvalue weighted by Crippen LogP contribution is 2.31. The van der Waals surface area contributed by atoms with E-state index in [1.807, 2.05) is 6.07 Å². The summed E-state index contributed by atoms with van der Waals surface area (Å²) >= 11 is 3.56. The predicted molar refractivity (Wildman–Crippen MR) is 79.6 cm³/mol. The fourth-order valence-electron chi connectivity index (χ4n) is 2.40. The van der Waals surface area contributed by atoms with Crippen molar-refractivity contribution in [2.45, 2.75) is 32.4 Å². The van der Waals surface area contributed by atoms with E-state index >= 15 is 0 Å². The van der Waals surface area contributed by atoms with Gasteiger partial charge in [-0.1, -0.05) is 6.92 Å². The molecule has 0 bridgehead atoms. The number of benzene rings is 1. The molecule has 2 atom stereocenters. The maximum Gasteiger partial charge on any atom is 0.133 e. The lowest BCUT2D eigenvalue weighted by Crippen LogP contribution is -2.55. The molecular formula is C14H21BrN2O. The number of rotatable bonds is 3. The molecular weight excluding hydrogens is 292 g/mol. The van der Waals surface area contributed by atoms with Gasteiger partial charge < -0.3 is 15.0 Å². The molecule has 1 heterocycles. The summed E-state index contributed by atoms with van der Waals surface area (Å²) in [6.45, 7) is 6.60. The van der Waals surface area contributed by atoms with Crippen molar-refractivity contribution in [3.8, 4) is 5.75 Å². The molecule has 2 unspecified atom stereocenters. The van der Waals surface area contributed by atoms with Crippen molar-refractivity contribution in [1.82, 2.24) is 5.32 Å². The molecule has 2 rings (SSSR count). The van der Waals surface area contributed by atoms with Crippen LogP contribution in [-0.4, -0.2) is 32.3 Å². The first-order chi connectivity index (χ1) is 8.65. The lowest BCUT2D eigenvalue weighted by molar-refractivity contribution is 0.396. The molecule has 0 spiro atoms. The van der Waals surface area contributed by atoms with Gasteiger partial charge in [0.15, 0.2) is 0 Å². The molecule has 0 radical (unpaired) electrons. The highest BCUT2D eigenvalue weighted by Gasteiger charge is 2.24. The summed E-state index contributed by atoms with van der Waals surface area (Å²) in [5.74, 6) is 0.883. The van der Waals surface area contributed by atoms with Crippen molar-refractivity contribution in [3.05, 3.63) is 22.7 Å². The van der Waals surface area contributed by atoms with Crippen LogP contribution in [0.5, 0.6) is 5.75 Å². The summed E-state index contributed by atoms with van der Waals surface area (Å²) in [6, 6.07) is 7.41. The molecule has 0 amide bonds. The summed E-state index contributed by atoms with van der Waals surface area (Å²) in [6.07, 6.45) is 1.17. The smallest absolute Gasteiger partial charge is 0.133 e. The Morgan fingerprint density at radius 1 is 1.50 bits per heavy atom. The molecule has 1 aromatic rings. The van der Waals surface area contributed by atoms with E-state index in [0.717, 1.165) is 23.3 Å². The van der Waals surface area contributed by atoms with Gasteiger partial charge in [-0.05, 0) is 47.5 Å². The van der Waals surface area contributed by atoms with E-state index in [1.54, 1.807) is 7.11 Å². The summed E-state index contributed by atoms with van der Waals surface area (Å²) in [5, 5.41) is 3.58. The normalized spacial score (nSPS) is 24.1. The Kier molecular flexibility index (Phi) is 4.51. The number of nitrogens with one attached hydrogen (secondary N) is 1. The van der Waals surface area contributed by atoms with Crippen molar-refractivity contribution in [2.24, 2.45) is 0 Å². The van der Waals surface area contributed by atoms with E-state index in [-0.39, 0.29) is 0 Å². The number of methoxy groups -OCH3 is 1. The zero-order chi connectivity index (χ0) is 13.1. The van der Waals surface area contributed by atoms with Gasteiger partial charge in [0.25, 0.3) is 0 Å². The molecule has 18 heavy (non-hydrogen) atoms. The second-order valence-electron chi connectivity index (χ2n) is 4.83. The van der Waals surface area contributed by atoms with Crippen LogP contribution in [0.25, 0.3) is 0 Å². The number of piperazine rings is 1. The minimum atomic E-state index is 0.521. The average Bonchev–Trinajstić information content (AvgIpc) is 2.39. The van der Waals surface area contributed by atoms with Crippen LogP contribution < -0.4 is 15.0 Å². The highest BCUT2D eigenvalue weighted by atomic mass is 79.9. The molecule has 0 aliphatic carbocycles. The number of anilines is 1. The third-order valence-corrected chi connectivity index (χ3v) is 4.23. The van der Waals surface area contributed by atoms with Crippen LogP contribution in [0.1, 0.15) is 20.3 Å². The molecule has 1 aliphatic heterocycles. The monoisotopic (exact) mass is 312 g/mol. The van der Waals surface area contributed by atoms with Gasteiger partial charge in [-0.25, -0.2) is 0 Å². The third kappa shape index (κ3) is 2.81.